The summed E-state index contributed by atoms with van der Waals surface area (Å²) in [6.45, 7) is 2.50. The number of rotatable bonds is 3. The molecule has 1 aliphatic heterocycles. The van der Waals surface area contributed by atoms with Crippen LogP contribution < -0.4 is 16.2 Å². The van der Waals surface area contributed by atoms with E-state index in [0.29, 0.717) is 6.54 Å². The molecule has 0 saturated heterocycles. The van der Waals surface area contributed by atoms with Crippen molar-refractivity contribution < 1.29 is 0 Å². The third-order valence-electron chi connectivity index (χ3n) is 3.45. The summed E-state index contributed by atoms with van der Waals surface area (Å²) in [4.78, 5) is 15.3. The van der Waals surface area contributed by atoms with Crippen molar-refractivity contribution in [2.24, 2.45) is 0 Å². The van der Waals surface area contributed by atoms with Gasteiger partial charge in [-0.1, -0.05) is 6.07 Å². The standard InChI is InChI=1S/C15H17N3OS/c16-12-4-5-14-13(11-12)17(9-10-20-14)7-8-18-6-2-1-3-15(18)19/h1-6,11H,7-10,16H2. The summed E-state index contributed by atoms with van der Waals surface area (Å²) in [6.07, 6.45) is 1.83. The van der Waals surface area contributed by atoms with Gasteiger partial charge in [-0.3, -0.25) is 4.79 Å². The van der Waals surface area contributed by atoms with E-state index in [2.05, 4.69) is 11.0 Å². The fourth-order valence-electron chi connectivity index (χ4n) is 2.40. The maximum Gasteiger partial charge on any atom is 0.250 e. The minimum Gasteiger partial charge on any atom is -0.399 e. The first-order valence-corrected chi connectivity index (χ1v) is 7.65. The normalized spacial score (nSPS) is 14.1. The minimum absolute atomic E-state index is 0.0479. The first-order valence-electron chi connectivity index (χ1n) is 6.67. The Labute approximate surface area is 122 Å². The van der Waals surface area contributed by atoms with Crippen LogP contribution in [0.2, 0.25) is 0 Å². The second-order valence-electron chi connectivity index (χ2n) is 4.79. The largest absolute Gasteiger partial charge is 0.399 e. The van der Waals surface area contributed by atoms with E-state index in [4.69, 9.17) is 5.73 Å². The molecule has 0 unspecified atom stereocenters. The molecule has 2 N–H and O–H groups in total. The van der Waals surface area contributed by atoms with Gasteiger partial charge in [-0.25, -0.2) is 0 Å². The van der Waals surface area contributed by atoms with E-state index in [1.54, 1.807) is 16.7 Å². The highest BCUT2D eigenvalue weighted by Crippen LogP contribution is 2.35. The molecule has 20 heavy (non-hydrogen) atoms. The van der Waals surface area contributed by atoms with Gasteiger partial charge in [0.15, 0.2) is 0 Å². The van der Waals surface area contributed by atoms with Crippen LogP contribution in [0.3, 0.4) is 0 Å². The van der Waals surface area contributed by atoms with Crippen LogP contribution in [0.15, 0.2) is 52.3 Å². The first kappa shape index (κ1) is 13.1. The second-order valence-corrected chi connectivity index (χ2v) is 5.93. The average molecular weight is 287 g/mol. The van der Waals surface area contributed by atoms with E-state index < -0.39 is 0 Å². The van der Waals surface area contributed by atoms with Crippen LogP contribution in [0.25, 0.3) is 0 Å². The van der Waals surface area contributed by atoms with Gasteiger partial charge in [-0.15, -0.1) is 11.8 Å². The number of aromatic nitrogens is 1. The molecule has 0 amide bonds. The molecule has 0 saturated carbocycles. The highest BCUT2D eigenvalue weighted by atomic mass is 32.2. The van der Waals surface area contributed by atoms with Crippen LogP contribution in [0.4, 0.5) is 11.4 Å². The van der Waals surface area contributed by atoms with Gasteiger partial charge in [0.05, 0.1) is 5.69 Å². The molecule has 3 rings (SSSR count). The van der Waals surface area contributed by atoms with E-state index in [1.165, 1.54) is 10.6 Å². The molecular weight excluding hydrogens is 270 g/mol. The van der Waals surface area contributed by atoms with Crippen molar-refractivity contribution >= 4 is 23.1 Å². The monoisotopic (exact) mass is 287 g/mol. The average Bonchev–Trinajstić information content (AvgIpc) is 2.46. The van der Waals surface area contributed by atoms with Crippen molar-refractivity contribution in [3.8, 4) is 0 Å². The van der Waals surface area contributed by atoms with Crippen LogP contribution in [0.1, 0.15) is 0 Å². The lowest BCUT2D eigenvalue weighted by atomic mass is 10.2. The van der Waals surface area contributed by atoms with E-state index in [0.717, 1.165) is 24.5 Å². The number of hydrogen-bond donors (Lipinski definition) is 1. The molecule has 1 aliphatic rings. The summed E-state index contributed by atoms with van der Waals surface area (Å²) in [5.74, 6) is 1.07. The van der Waals surface area contributed by atoms with Crippen molar-refractivity contribution in [3.63, 3.8) is 0 Å². The third kappa shape index (κ3) is 2.67. The highest BCUT2D eigenvalue weighted by molar-refractivity contribution is 7.99. The summed E-state index contributed by atoms with van der Waals surface area (Å²) in [7, 11) is 0. The molecule has 4 nitrogen and oxygen atoms in total. The minimum atomic E-state index is 0.0479. The van der Waals surface area contributed by atoms with Crippen molar-refractivity contribution in [2.45, 2.75) is 11.4 Å². The molecule has 5 heteroatoms. The van der Waals surface area contributed by atoms with Crippen LogP contribution in [0.5, 0.6) is 0 Å². The topological polar surface area (TPSA) is 51.3 Å². The Kier molecular flexibility index (Phi) is 3.69. The Morgan fingerprint density at radius 3 is 2.95 bits per heavy atom. The Hall–Kier alpha value is -1.88. The van der Waals surface area contributed by atoms with E-state index in [1.807, 2.05) is 36.2 Å². The molecule has 1 aromatic carbocycles. The molecular formula is C15H17N3OS. The molecule has 1 aromatic heterocycles. The first-order chi connectivity index (χ1) is 9.74. The number of benzene rings is 1. The zero-order valence-corrected chi connectivity index (χ0v) is 12.0. The Morgan fingerprint density at radius 1 is 1.20 bits per heavy atom. The molecule has 104 valence electrons. The Balaban J connectivity index is 1.78. The Morgan fingerprint density at radius 2 is 2.10 bits per heavy atom. The summed E-state index contributed by atoms with van der Waals surface area (Å²) in [5, 5.41) is 0. The maximum absolute atomic E-state index is 11.7. The predicted molar refractivity (Wildman–Crippen MR) is 84.5 cm³/mol. The van der Waals surface area contributed by atoms with E-state index in [9.17, 15) is 4.79 Å². The fraction of sp³-hybridized carbons (Fsp3) is 0.267. The van der Waals surface area contributed by atoms with Gasteiger partial charge in [0, 0.05) is 48.2 Å². The predicted octanol–water partition coefficient (Wildman–Crippen LogP) is 2.04. The number of nitrogens with zero attached hydrogens (tertiary/aromatic N) is 2. The number of anilines is 2. The van der Waals surface area contributed by atoms with Gasteiger partial charge in [0.2, 0.25) is 0 Å². The lowest BCUT2D eigenvalue weighted by Crippen LogP contribution is -2.34. The molecule has 0 atom stereocenters. The van der Waals surface area contributed by atoms with Gasteiger partial charge >= 0.3 is 0 Å². The third-order valence-corrected chi connectivity index (χ3v) is 4.50. The van der Waals surface area contributed by atoms with Gasteiger partial charge < -0.3 is 15.2 Å². The molecule has 0 bridgehead atoms. The van der Waals surface area contributed by atoms with Crippen molar-refractivity contribution in [2.75, 3.05) is 29.5 Å². The fourth-order valence-corrected chi connectivity index (χ4v) is 3.43. The number of fused-ring (bicyclic) bond motifs is 1. The summed E-state index contributed by atoms with van der Waals surface area (Å²) >= 11 is 1.86. The summed E-state index contributed by atoms with van der Waals surface area (Å²) in [5.41, 5.74) is 7.90. The van der Waals surface area contributed by atoms with Gasteiger partial charge in [0.1, 0.15) is 0 Å². The number of nitrogen functional groups attached to an aromatic ring is 1. The number of pyridine rings is 1. The van der Waals surface area contributed by atoms with E-state index >= 15 is 0 Å². The number of thioether (sulfide) groups is 1. The number of nitrogens with two attached hydrogens (primary N) is 1. The summed E-state index contributed by atoms with van der Waals surface area (Å²) < 4.78 is 1.74. The molecule has 0 spiro atoms. The molecule has 2 aromatic rings. The van der Waals surface area contributed by atoms with Crippen LogP contribution >= 0.6 is 11.8 Å². The molecule has 0 fully saturated rings. The second kappa shape index (κ2) is 5.63. The molecule has 0 radical (unpaired) electrons. The lowest BCUT2D eigenvalue weighted by molar-refractivity contribution is 0.642. The quantitative estimate of drug-likeness (QED) is 0.878. The van der Waals surface area contributed by atoms with Crippen molar-refractivity contribution in [1.82, 2.24) is 4.57 Å². The van der Waals surface area contributed by atoms with Crippen LogP contribution in [-0.2, 0) is 6.54 Å². The molecule has 0 aliphatic carbocycles. The lowest BCUT2D eigenvalue weighted by Gasteiger charge is -2.31. The summed E-state index contributed by atoms with van der Waals surface area (Å²) in [6, 6.07) is 11.3. The smallest absolute Gasteiger partial charge is 0.250 e. The van der Waals surface area contributed by atoms with Crippen LogP contribution in [0, 0.1) is 0 Å². The Bertz CT molecular complexity index is 668. The van der Waals surface area contributed by atoms with Gasteiger partial charge in [-0.05, 0) is 24.3 Å². The SMILES string of the molecule is Nc1ccc2c(c1)N(CCn1ccccc1=O)CCS2. The van der Waals surface area contributed by atoms with Crippen LogP contribution in [-0.4, -0.2) is 23.4 Å². The highest BCUT2D eigenvalue weighted by Gasteiger charge is 2.17. The van der Waals surface area contributed by atoms with Crippen molar-refractivity contribution in [1.29, 1.82) is 0 Å². The van der Waals surface area contributed by atoms with Gasteiger partial charge in [-0.2, -0.15) is 0 Å². The molecule has 2 heterocycles. The maximum atomic E-state index is 11.7. The van der Waals surface area contributed by atoms with Gasteiger partial charge in [0.25, 0.3) is 5.56 Å². The zero-order valence-electron chi connectivity index (χ0n) is 11.2. The van der Waals surface area contributed by atoms with Crippen molar-refractivity contribution in [3.05, 3.63) is 52.9 Å². The number of hydrogen-bond acceptors (Lipinski definition) is 4. The zero-order chi connectivity index (χ0) is 13.9. The van der Waals surface area contributed by atoms with E-state index in [-0.39, 0.29) is 5.56 Å².